The first-order chi connectivity index (χ1) is 5.99. The number of methoxy groups -OCH3 is 1. The number of hydrogen-bond acceptors (Lipinski definition) is 2. The first-order valence-corrected chi connectivity index (χ1v) is 5.00. The van der Waals surface area contributed by atoms with Crippen LogP contribution < -0.4 is 0 Å². The topological polar surface area (TPSA) is 21.6 Å². The molecule has 0 radical (unpaired) electrons. The van der Waals surface area contributed by atoms with Gasteiger partial charge in [0.2, 0.25) is 0 Å². The van der Waals surface area contributed by atoms with Crippen LogP contribution >= 0.6 is 0 Å². The Morgan fingerprint density at radius 2 is 1.92 bits per heavy atom. The van der Waals surface area contributed by atoms with Gasteiger partial charge in [0.25, 0.3) is 0 Å². The summed E-state index contributed by atoms with van der Waals surface area (Å²) in [6, 6.07) is 0. The fourth-order valence-electron chi connectivity index (χ4n) is 1.28. The number of ether oxygens (including phenoxy) is 1. The maximum atomic E-state index is 4.95. The highest BCUT2D eigenvalue weighted by atomic mass is 16.5. The summed E-state index contributed by atoms with van der Waals surface area (Å²) in [4.78, 5) is 4.41. The second-order valence-corrected chi connectivity index (χ2v) is 4.63. The number of aliphatic imine (C=N–C) groups is 1. The lowest BCUT2D eigenvalue weighted by Crippen LogP contribution is -2.13. The van der Waals surface area contributed by atoms with Gasteiger partial charge in [0.05, 0.1) is 0 Å². The Bertz CT molecular complexity index is 156. The summed E-state index contributed by atoms with van der Waals surface area (Å²) in [6.07, 6.45) is 3.34. The number of hydrogen-bond donors (Lipinski definition) is 0. The second kappa shape index (κ2) is 6.14. The standard InChI is InChI=1S/C11H23NO/c1-6-7-10(12-9-13-5)8-11(2,3)4/h6-9H2,1-5H3/b12-10+. The lowest BCUT2D eigenvalue weighted by molar-refractivity contribution is 0.208. The van der Waals surface area contributed by atoms with E-state index in [1.165, 1.54) is 12.1 Å². The van der Waals surface area contributed by atoms with Gasteiger partial charge in [0.15, 0.2) is 0 Å². The Hall–Kier alpha value is -0.370. The first kappa shape index (κ1) is 12.6. The van der Waals surface area contributed by atoms with Crippen molar-refractivity contribution in [3.05, 3.63) is 0 Å². The lowest BCUT2D eigenvalue weighted by atomic mass is 9.88. The largest absolute Gasteiger partial charge is 0.363 e. The van der Waals surface area contributed by atoms with Crippen LogP contribution in [0, 0.1) is 5.41 Å². The van der Waals surface area contributed by atoms with Gasteiger partial charge in [0.1, 0.15) is 6.73 Å². The SMILES string of the molecule is CCC/C(CC(C)(C)C)=N\COC. The van der Waals surface area contributed by atoms with E-state index >= 15 is 0 Å². The van der Waals surface area contributed by atoms with Crippen LogP contribution in [0.4, 0.5) is 0 Å². The molecule has 0 aromatic carbocycles. The maximum Gasteiger partial charge on any atom is 0.136 e. The van der Waals surface area contributed by atoms with Gasteiger partial charge in [-0.25, -0.2) is 0 Å². The second-order valence-electron chi connectivity index (χ2n) is 4.63. The molecule has 0 spiro atoms. The van der Waals surface area contributed by atoms with Crippen LogP contribution in [0.5, 0.6) is 0 Å². The van der Waals surface area contributed by atoms with E-state index in [4.69, 9.17) is 4.74 Å². The van der Waals surface area contributed by atoms with Crippen LogP contribution in [0.1, 0.15) is 47.0 Å². The molecule has 0 saturated carbocycles. The fourth-order valence-corrected chi connectivity index (χ4v) is 1.28. The van der Waals surface area contributed by atoms with Crippen LogP contribution in [-0.2, 0) is 4.74 Å². The molecule has 0 N–H and O–H groups in total. The molecule has 0 aliphatic carbocycles. The molecule has 0 bridgehead atoms. The summed E-state index contributed by atoms with van der Waals surface area (Å²) in [7, 11) is 1.68. The van der Waals surface area contributed by atoms with E-state index in [1.54, 1.807) is 7.11 Å². The third-order valence-electron chi connectivity index (χ3n) is 1.69. The van der Waals surface area contributed by atoms with E-state index in [0.29, 0.717) is 12.1 Å². The minimum atomic E-state index is 0.335. The van der Waals surface area contributed by atoms with E-state index in [2.05, 4.69) is 32.7 Å². The molecule has 78 valence electrons. The molecule has 2 heteroatoms. The predicted octanol–water partition coefficient (Wildman–Crippen LogP) is 3.27. The quantitative estimate of drug-likeness (QED) is 0.602. The van der Waals surface area contributed by atoms with Crippen LogP contribution in [0.3, 0.4) is 0 Å². The Balaban J connectivity index is 4.09. The van der Waals surface area contributed by atoms with Gasteiger partial charge in [0, 0.05) is 12.8 Å². The summed E-state index contributed by atoms with van der Waals surface area (Å²) < 4.78 is 4.95. The van der Waals surface area contributed by atoms with Crippen molar-refractivity contribution in [1.82, 2.24) is 0 Å². The summed E-state index contributed by atoms with van der Waals surface area (Å²) in [5, 5.41) is 0. The van der Waals surface area contributed by atoms with E-state index in [-0.39, 0.29) is 0 Å². The van der Waals surface area contributed by atoms with Crippen molar-refractivity contribution in [2.24, 2.45) is 10.4 Å². The van der Waals surface area contributed by atoms with Gasteiger partial charge < -0.3 is 4.74 Å². The van der Waals surface area contributed by atoms with Crippen LogP contribution in [0.25, 0.3) is 0 Å². The van der Waals surface area contributed by atoms with E-state index in [0.717, 1.165) is 12.8 Å². The Morgan fingerprint density at radius 3 is 2.31 bits per heavy atom. The molecule has 0 aromatic rings. The van der Waals surface area contributed by atoms with Crippen LogP contribution in [0.2, 0.25) is 0 Å². The zero-order valence-corrected chi connectivity index (χ0v) is 9.68. The van der Waals surface area contributed by atoms with Crippen LogP contribution in [0.15, 0.2) is 4.99 Å². The van der Waals surface area contributed by atoms with Gasteiger partial charge in [-0.1, -0.05) is 34.1 Å². The zero-order chi connectivity index (χ0) is 10.3. The van der Waals surface area contributed by atoms with Crippen LogP contribution in [-0.4, -0.2) is 19.6 Å². The smallest absolute Gasteiger partial charge is 0.136 e. The van der Waals surface area contributed by atoms with Gasteiger partial charge in [-0.2, -0.15) is 0 Å². The fraction of sp³-hybridized carbons (Fsp3) is 0.909. The van der Waals surface area contributed by atoms with Gasteiger partial charge in [-0.15, -0.1) is 0 Å². The van der Waals surface area contributed by atoms with Gasteiger partial charge in [-0.05, 0) is 18.3 Å². The van der Waals surface area contributed by atoms with Crippen molar-refractivity contribution in [1.29, 1.82) is 0 Å². The maximum absolute atomic E-state index is 4.95. The molecule has 0 heterocycles. The predicted molar refractivity (Wildman–Crippen MR) is 58.3 cm³/mol. The first-order valence-electron chi connectivity index (χ1n) is 5.00. The van der Waals surface area contributed by atoms with Crippen molar-refractivity contribution in [2.75, 3.05) is 13.8 Å². The minimum Gasteiger partial charge on any atom is -0.363 e. The highest BCUT2D eigenvalue weighted by Crippen LogP contribution is 2.20. The third-order valence-corrected chi connectivity index (χ3v) is 1.69. The molecule has 0 saturated heterocycles. The van der Waals surface area contributed by atoms with Gasteiger partial charge >= 0.3 is 0 Å². The molecule has 13 heavy (non-hydrogen) atoms. The summed E-state index contributed by atoms with van der Waals surface area (Å²) >= 11 is 0. The Kier molecular flexibility index (Phi) is 5.97. The summed E-state index contributed by atoms with van der Waals surface area (Å²) in [5.74, 6) is 0. The van der Waals surface area contributed by atoms with Crippen molar-refractivity contribution < 1.29 is 4.74 Å². The lowest BCUT2D eigenvalue weighted by Gasteiger charge is -2.19. The molecule has 2 nitrogen and oxygen atoms in total. The normalized spacial score (nSPS) is 13.5. The highest BCUT2D eigenvalue weighted by molar-refractivity contribution is 5.84. The Morgan fingerprint density at radius 1 is 1.31 bits per heavy atom. The number of rotatable bonds is 5. The summed E-state index contributed by atoms with van der Waals surface area (Å²) in [5.41, 5.74) is 1.62. The summed E-state index contributed by atoms with van der Waals surface area (Å²) in [6.45, 7) is 9.41. The molecule has 0 aromatic heterocycles. The number of nitrogens with zero attached hydrogens (tertiary/aromatic N) is 1. The van der Waals surface area contributed by atoms with E-state index in [1.807, 2.05) is 0 Å². The molecule has 0 aliphatic heterocycles. The minimum absolute atomic E-state index is 0.335. The average Bonchev–Trinajstić information content (AvgIpc) is 1.98. The third kappa shape index (κ3) is 7.97. The molecule has 0 amide bonds. The monoisotopic (exact) mass is 185 g/mol. The van der Waals surface area contributed by atoms with Crippen molar-refractivity contribution in [3.63, 3.8) is 0 Å². The highest BCUT2D eigenvalue weighted by Gasteiger charge is 2.13. The molecule has 0 aliphatic rings. The molecular weight excluding hydrogens is 162 g/mol. The van der Waals surface area contributed by atoms with Crippen molar-refractivity contribution >= 4 is 5.71 Å². The molecule has 0 fully saturated rings. The molecular formula is C11H23NO. The molecule has 0 rings (SSSR count). The van der Waals surface area contributed by atoms with E-state index < -0.39 is 0 Å². The van der Waals surface area contributed by atoms with Gasteiger partial charge in [-0.3, -0.25) is 4.99 Å². The average molecular weight is 185 g/mol. The molecule has 0 atom stereocenters. The van der Waals surface area contributed by atoms with E-state index in [9.17, 15) is 0 Å². The van der Waals surface area contributed by atoms with Crippen molar-refractivity contribution in [3.8, 4) is 0 Å². The Labute approximate surface area is 82.4 Å². The molecule has 0 unspecified atom stereocenters. The zero-order valence-electron chi connectivity index (χ0n) is 9.68. The van der Waals surface area contributed by atoms with Crippen molar-refractivity contribution in [2.45, 2.75) is 47.0 Å².